The topological polar surface area (TPSA) is 39.1 Å². The summed E-state index contributed by atoms with van der Waals surface area (Å²) in [6, 6.07) is 18.3. The van der Waals surface area contributed by atoms with Gasteiger partial charge in [-0.1, -0.05) is 45.0 Å². The highest BCUT2D eigenvalue weighted by molar-refractivity contribution is 5.68. The first kappa shape index (κ1) is 20.9. The second kappa shape index (κ2) is 8.08. The van der Waals surface area contributed by atoms with Crippen molar-refractivity contribution in [3.8, 4) is 6.07 Å². The van der Waals surface area contributed by atoms with Crippen molar-refractivity contribution in [3.05, 3.63) is 59.2 Å². The van der Waals surface area contributed by atoms with Gasteiger partial charge in [-0.15, -0.1) is 0 Å². The van der Waals surface area contributed by atoms with Crippen LogP contribution >= 0.6 is 0 Å². The third-order valence-corrected chi connectivity index (χ3v) is 6.96. The molecule has 2 fully saturated rings. The highest BCUT2D eigenvalue weighted by atomic mass is 15.1. The summed E-state index contributed by atoms with van der Waals surface area (Å²) in [7, 11) is 0. The Kier molecular flexibility index (Phi) is 5.64. The van der Waals surface area contributed by atoms with Crippen molar-refractivity contribution in [1.82, 2.24) is 5.32 Å². The molecule has 1 aliphatic heterocycles. The number of benzene rings is 2. The zero-order valence-electron chi connectivity index (χ0n) is 19.0. The van der Waals surface area contributed by atoms with Gasteiger partial charge in [-0.05, 0) is 91.9 Å². The summed E-state index contributed by atoms with van der Waals surface area (Å²) in [5.41, 5.74) is 6.32. The number of hydrogen-bond donors (Lipinski definition) is 1. The number of hydrogen-bond acceptors (Lipinski definition) is 3. The van der Waals surface area contributed by atoms with Crippen molar-refractivity contribution >= 4 is 11.4 Å². The van der Waals surface area contributed by atoms with E-state index >= 15 is 0 Å². The van der Waals surface area contributed by atoms with Crippen LogP contribution in [0.3, 0.4) is 0 Å². The van der Waals surface area contributed by atoms with Crippen LogP contribution in [-0.2, 0) is 10.8 Å². The van der Waals surface area contributed by atoms with Gasteiger partial charge >= 0.3 is 0 Å². The molecule has 1 heterocycles. The van der Waals surface area contributed by atoms with Crippen molar-refractivity contribution in [2.75, 3.05) is 24.5 Å². The lowest BCUT2D eigenvalue weighted by atomic mass is 9.86. The molecule has 3 nitrogen and oxygen atoms in total. The first-order chi connectivity index (χ1) is 14.3. The van der Waals surface area contributed by atoms with E-state index in [4.69, 9.17) is 0 Å². The van der Waals surface area contributed by atoms with Crippen LogP contribution < -0.4 is 10.2 Å². The van der Waals surface area contributed by atoms with Gasteiger partial charge in [-0.3, -0.25) is 0 Å². The minimum Gasteiger partial charge on any atom is -0.341 e. The van der Waals surface area contributed by atoms with Crippen molar-refractivity contribution in [3.63, 3.8) is 0 Å². The molecule has 2 aromatic carbocycles. The molecule has 158 valence electrons. The van der Waals surface area contributed by atoms with Gasteiger partial charge < -0.3 is 10.2 Å². The van der Waals surface area contributed by atoms with Crippen LogP contribution in [0.25, 0.3) is 0 Å². The number of piperidine rings is 1. The average molecular weight is 402 g/mol. The van der Waals surface area contributed by atoms with E-state index in [2.05, 4.69) is 86.4 Å². The fourth-order valence-electron chi connectivity index (χ4n) is 4.58. The minimum absolute atomic E-state index is 0.123. The van der Waals surface area contributed by atoms with E-state index in [0.29, 0.717) is 5.92 Å². The fourth-order valence-corrected chi connectivity index (χ4v) is 4.58. The molecule has 2 aliphatic rings. The summed E-state index contributed by atoms with van der Waals surface area (Å²) in [6.07, 6.45) is 4.44. The van der Waals surface area contributed by atoms with Crippen LogP contribution in [-0.4, -0.2) is 19.6 Å². The third kappa shape index (κ3) is 4.25. The van der Waals surface area contributed by atoms with Gasteiger partial charge in [0.05, 0.1) is 11.5 Å². The van der Waals surface area contributed by atoms with Crippen LogP contribution in [0.1, 0.15) is 63.1 Å². The number of anilines is 2. The van der Waals surface area contributed by atoms with Gasteiger partial charge in [0, 0.05) is 17.9 Å². The van der Waals surface area contributed by atoms with Crippen LogP contribution in [0.2, 0.25) is 0 Å². The lowest BCUT2D eigenvalue weighted by Gasteiger charge is -2.34. The summed E-state index contributed by atoms with van der Waals surface area (Å²) < 4.78 is 0. The van der Waals surface area contributed by atoms with Crippen molar-refractivity contribution in [1.29, 1.82) is 5.26 Å². The van der Waals surface area contributed by atoms with Gasteiger partial charge in [-0.2, -0.15) is 5.26 Å². The lowest BCUT2D eigenvalue weighted by Crippen LogP contribution is -2.34. The molecular formula is C27H35N3. The molecule has 1 saturated carbocycles. The summed E-state index contributed by atoms with van der Waals surface area (Å²) >= 11 is 0. The van der Waals surface area contributed by atoms with E-state index in [-0.39, 0.29) is 10.8 Å². The maximum Gasteiger partial charge on any atom is 0.0823 e. The molecule has 4 rings (SSSR count). The predicted molar refractivity (Wildman–Crippen MR) is 125 cm³/mol. The van der Waals surface area contributed by atoms with Crippen LogP contribution in [0.5, 0.6) is 0 Å². The summed E-state index contributed by atoms with van der Waals surface area (Å²) in [5.74, 6) is 0.692. The summed E-state index contributed by atoms with van der Waals surface area (Å²) in [6.45, 7) is 12.3. The molecule has 2 aromatic rings. The quantitative estimate of drug-likeness (QED) is 0.669. The lowest BCUT2D eigenvalue weighted by molar-refractivity contribution is 0.380. The highest BCUT2D eigenvalue weighted by Gasteiger charge is 2.44. The smallest absolute Gasteiger partial charge is 0.0823 e. The molecule has 0 atom stereocenters. The molecule has 0 amide bonds. The second-order valence-electron chi connectivity index (χ2n) is 10.3. The van der Waals surface area contributed by atoms with Crippen LogP contribution in [0, 0.1) is 24.2 Å². The summed E-state index contributed by atoms with van der Waals surface area (Å²) in [5, 5.41) is 13.1. The molecule has 0 radical (unpaired) electrons. The van der Waals surface area contributed by atoms with E-state index < -0.39 is 0 Å². The summed E-state index contributed by atoms with van der Waals surface area (Å²) in [4.78, 5) is 2.52. The Morgan fingerprint density at radius 2 is 1.73 bits per heavy atom. The number of nitrogens with zero attached hydrogens (tertiary/aromatic N) is 2. The molecule has 0 unspecified atom stereocenters. The molecule has 3 heteroatoms. The zero-order valence-corrected chi connectivity index (χ0v) is 19.0. The predicted octanol–water partition coefficient (Wildman–Crippen LogP) is 5.99. The van der Waals surface area contributed by atoms with Crippen LogP contribution in [0.15, 0.2) is 42.5 Å². The maximum atomic E-state index is 9.56. The largest absolute Gasteiger partial charge is 0.341 e. The van der Waals surface area contributed by atoms with Gasteiger partial charge in [-0.25, -0.2) is 0 Å². The molecule has 1 aliphatic carbocycles. The molecule has 0 aromatic heterocycles. The Morgan fingerprint density at radius 1 is 1.07 bits per heavy atom. The molecular weight excluding hydrogens is 366 g/mol. The minimum atomic E-state index is -0.222. The Morgan fingerprint density at radius 3 is 2.30 bits per heavy atom. The Hall–Kier alpha value is -2.31. The van der Waals surface area contributed by atoms with Gasteiger partial charge in [0.25, 0.3) is 0 Å². The SMILES string of the molecule is Cc1ccc(C(C)(C)C)cc1N(CC1CCNCC1)c1ccc(C2(C#N)CC2)cc1. The van der Waals surface area contributed by atoms with Crippen LogP contribution in [0.4, 0.5) is 11.4 Å². The first-order valence-corrected chi connectivity index (χ1v) is 11.4. The van der Waals surface area contributed by atoms with E-state index in [1.165, 1.54) is 40.9 Å². The number of nitriles is 1. The molecule has 1 N–H and O–H groups in total. The van der Waals surface area contributed by atoms with Crippen molar-refractivity contribution < 1.29 is 0 Å². The fraction of sp³-hybridized carbons (Fsp3) is 0.519. The molecule has 30 heavy (non-hydrogen) atoms. The number of rotatable bonds is 5. The van der Waals surface area contributed by atoms with E-state index in [1.54, 1.807) is 0 Å². The zero-order chi connectivity index (χ0) is 21.4. The highest BCUT2D eigenvalue weighted by Crippen LogP contribution is 2.48. The first-order valence-electron chi connectivity index (χ1n) is 11.4. The Balaban J connectivity index is 1.71. The maximum absolute atomic E-state index is 9.56. The molecule has 0 spiro atoms. The van der Waals surface area contributed by atoms with Crippen molar-refractivity contribution in [2.45, 2.75) is 64.2 Å². The van der Waals surface area contributed by atoms with Gasteiger partial charge in [0.1, 0.15) is 0 Å². The van der Waals surface area contributed by atoms with E-state index in [9.17, 15) is 5.26 Å². The Bertz CT molecular complexity index is 920. The molecule has 0 bridgehead atoms. The monoisotopic (exact) mass is 401 g/mol. The normalized spacial score (nSPS) is 18.6. The van der Waals surface area contributed by atoms with Gasteiger partial charge in [0.15, 0.2) is 0 Å². The standard InChI is InChI=1S/C27H35N3/c1-20-5-6-23(26(2,3)4)17-25(20)30(18-21-11-15-29-16-12-21)24-9-7-22(8-10-24)27(19-28)13-14-27/h5-10,17,21,29H,11-16,18H2,1-4H3. The number of nitrogens with one attached hydrogen (secondary N) is 1. The Labute approximate surface area is 182 Å². The van der Waals surface area contributed by atoms with E-state index in [0.717, 1.165) is 32.5 Å². The number of aryl methyl sites for hydroxylation is 1. The van der Waals surface area contributed by atoms with E-state index in [1.807, 2.05) is 0 Å². The molecule has 1 saturated heterocycles. The third-order valence-electron chi connectivity index (χ3n) is 6.96. The second-order valence-corrected chi connectivity index (χ2v) is 10.3. The van der Waals surface area contributed by atoms with Gasteiger partial charge in [0.2, 0.25) is 0 Å². The van der Waals surface area contributed by atoms with Crippen molar-refractivity contribution in [2.24, 2.45) is 5.92 Å². The average Bonchev–Trinajstić information content (AvgIpc) is 3.54.